The Morgan fingerprint density at radius 3 is 2.50 bits per heavy atom. The molecule has 0 saturated heterocycles. The van der Waals surface area contributed by atoms with Crippen molar-refractivity contribution in [3.05, 3.63) is 62.1 Å². The summed E-state index contributed by atoms with van der Waals surface area (Å²) >= 11 is 9.41. The van der Waals surface area contributed by atoms with Gasteiger partial charge in [0.25, 0.3) is 5.91 Å². The number of hydrogen-bond donors (Lipinski definition) is 1. The molecule has 0 bridgehead atoms. The van der Waals surface area contributed by atoms with Crippen molar-refractivity contribution in [3.63, 3.8) is 0 Å². The standard InChI is InChI=1S/C19H21BrClNO2/c1-11-7-13(3)16(8-12(11)2)14(4)22-19(23)10-24-18-6-5-15(20)9-17(18)21/h5-9,14H,10H2,1-4H3,(H,22,23). The van der Waals surface area contributed by atoms with Gasteiger partial charge in [0.05, 0.1) is 11.1 Å². The van der Waals surface area contributed by atoms with Gasteiger partial charge >= 0.3 is 0 Å². The zero-order valence-electron chi connectivity index (χ0n) is 14.2. The fourth-order valence-electron chi connectivity index (χ4n) is 2.55. The van der Waals surface area contributed by atoms with Gasteiger partial charge in [-0.25, -0.2) is 0 Å². The Hall–Kier alpha value is -1.52. The lowest BCUT2D eigenvalue weighted by Gasteiger charge is -2.18. The minimum Gasteiger partial charge on any atom is -0.482 e. The van der Waals surface area contributed by atoms with Gasteiger partial charge in [-0.3, -0.25) is 4.79 Å². The van der Waals surface area contributed by atoms with E-state index in [1.54, 1.807) is 12.1 Å². The number of hydrogen-bond acceptors (Lipinski definition) is 2. The van der Waals surface area contributed by atoms with E-state index in [-0.39, 0.29) is 18.6 Å². The van der Waals surface area contributed by atoms with Gasteiger partial charge in [0.1, 0.15) is 5.75 Å². The van der Waals surface area contributed by atoms with Crippen LogP contribution in [0.15, 0.2) is 34.8 Å². The fraction of sp³-hybridized carbons (Fsp3) is 0.316. The summed E-state index contributed by atoms with van der Waals surface area (Å²) in [6, 6.07) is 9.47. The SMILES string of the molecule is Cc1cc(C)c(C(C)NC(=O)COc2ccc(Br)cc2Cl)cc1C. The van der Waals surface area contributed by atoms with E-state index in [1.165, 1.54) is 16.7 Å². The molecular weight excluding hydrogens is 390 g/mol. The third-order valence-corrected chi connectivity index (χ3v) is 4.77. The molecule has 1 atom stereocenters. The molecule has 1 unspecified atom stereocenters. The normalized spacial score (nSPS) is 11.9. The van der Waals surface area contributed by atoms with E-state index in [0.29, 0.717) is 10.8 Å². The summed E-state index contributed by atoms with van der Waals surface area (Å²) in [5, 5.41) is 3.44. The lowest BCUT2D eigenvalue weighted by Crippen LogP contribution is -2.31. The lowest BCUT2D eigenvalue weighted by atomic mass is 9.96. The monoisotopic (exact) mass is 409 g/mol. The second-order valence-corrected chi connectivity index (χ2v) is 7.27. The van der Waals surface area contributed by atoms with Crippen LogP contribution in [-0.2, 0) is 4.79 Å². The average molecular weight is 411 g/mol. The highest BCUT2D eigenvalue weighted by atomic mass is 79.9. The van der Waals surface area contributed by atoms with Crippen LogP contribution in [0.2, 0.25) is 5.02 Å². The number of halogens is 2. The maximum Gasteiger partial charge on any atom is 0.258 e. The van der Waals surface area contributed by atoms with Crippen molar-refractivity contribution in [2.75, 3.05) is 6.61 Å². The smallest absolute Gasteiger partial charge is 0.258 e. The number of carbonyl (C=O) groups is 1. The van der Waals surface area contributed by atoms with Crippen LogP contribution < -0.4 is 10.1 Å². The molecular formula is C19H21BrClNO2. The first kappa shape index (κ1) is 18.8. The first-order chi connectivity index (χ1) is 11.3. The summed E-state index contributed by atoms with van der Waals surface area (Å²) in [4.78, 5) is 12.2. The number of rotatable bonds is 5. The van der Waals surface area contributed by atoms with Gasteiger partial charge in [0, 0.05) is 4.47 Å². The van der Waals surface area contributed by atoms with Crippen LogP contribution in [0.3, 0.4) is 0 Å². The molecule has 0 aliphatic carbocycles. The maximum atomic E-state index is 12.2. The van der Waals surface area contributed by atoms with E-state index in [1.807, 2.05) is 13.0 Å². The molecule has 0 saturated carbocycles. The Kier molecular flexibility index (Phi) is 6.30. The van der Waals surface area contributed by atoms with Crippen LogP contribution in [0.1, 0.15) is 35.2 Å². The van der Waals surface area contributed by atoms with Crippen molar-refractivity contribution >= 4 is 33.4 Å². The Morgan fingerprint density at radius 1 is 1.17 bits per heavy atom. The summed E-state index contributed by atoms with van der Waals surface area (Å²) in [7, 11) is 0. The minimum atomic E-state index is -0.181. The quantitative estimate of drug-likeness (QED) is 0.728. The van der Waals surface area contributed by atoms with E-state index < -0.39 is 0 Å². The van der Waals surface area contributed by atoms with Gasteiger partial charge in [0.15, 0.2) is 6.61 Å². The molecule has 1 amide bonds. The first-order valence-corrected chi connectivity index (χ1v) is 8.90. The van der Waals surface area contributed by atoms with E-state index in [4.69, 9.17) is 16.3 Å². The molecule has 0 heterocycles. The van der Waals surface area contributed by atoms with E-state index >= 15 is 0 Å². The van der Waals surface area contributed by atoms with Crippen molar-refractivity contribution in [1.29, 1.82) is 0 Å². The minimum absolute atomic E-state index is 0.0738. The Labute approximate surface area is 156 Å². The third kappa shape index (κ3) is 4.74. The second-order valence-electron chi connectivity index (χ2n) is 5.95. The van der Waals surface area contributed by atoms with Crippen molar-refractivity contribution in [3.8, 4) is 5.75 Å². The van der Waals surface area contributed by atoms with Crippen molar-refractivity contribution in [2.24, 2.45) is 0 Å². The molecule has 24 heavy (non-hydrogen) atoms. The summed E-state index contributed by atoms with van der Waals surface area (Å²) in [6.07, 6.45) is 0. The van der Waals surface area contributed by atoms with Gasteiger partial charge in [-0.05, 0) is 68.1 Å². The zero-order chi connectivity index (χ0) is 17.9. The Balaban J connectivity index is 1.98. The van der Waals surface area contributed by atoms with Crippen molar-refractivity contribution < 1.29 is 9.53 Å². The predicted octanol–water partition coefficient (Wildman–Crippen LogP) is 5.28. The predicted molar refractivity (Wildman–Crippen MR) is 102 cm³/mol. The van der Waals surface area contributed by atoms with Crippen LogP contribution in [0, 0.1) is 20.8 Å². The molecule has 128 valence electrons. The molecule has 0 radical (unpaired) electrons. The first-order valence-electron chi connectivity index (χ1n) is 7.73. The Morgan fingerprint density at radius 2 is 1.83 bits per heavy atom. The van der Waals surface area contributed by atoms with Crippen LogP contribution >= 0.6 is 27.5 Å². The summed E-state index contributed by atoms with van der Waals surface area (Å²) in [6.45, 7) is 8.12. The molecule has 2 aromatic carbocycles. The molecule has 0 aromatic heterocycles. The highest BCUT2D eigenvalue weighted by Crippen LogP contribution is 2.27. The lowest BCUT2D eigenvalue weighted by molar-refractivity contribution is -0.123. The number of aryl methyl sites for hydroxylation is 3. The Bertz CT molecular complexity index is 761. The van der Waals surface area contributed by atoms with Crippen molar-refractivity contribution in [1.82, 2.24) is 5.32 Å². The number of amides is 1. The summed E-state index contributed by atoms with van der Waals surface area (Å²) in [5.41, 5.74) is 4.76. The van der Waals surface area contributed by atoms with E-state index in [0.717, 1.165) is 10.0 Å². The molecule has 5 heteroatoms. The zero-order valence-corrected chi connectivity index (χ0v) is 16.6. The fourth-order valence-corrected chi connectivity index (χ4v) is 3.27. The van der Waals surface area contributed by atoms with Crippen molar-refractivity contribution in [2.45, 2.75) is 33.7 Å². The number of nitrogens with one attached hydrogen (secondary N) is 1. The molecule has 0 aliphatic heterocycles. The van der Waals surface area contributed by atoms with Gasteiger partial charge in [-0.15, -0.1) is 0 Å². The second kappa shape index (κ2) is 8.04. The molecule has 0 fully saturated rings. The summed E-state index contributed by atoms with van der Waals surface area (Å²) < 4.78 is 6.36. The highest BCUT2D eigenvalue weighted by molar-refractivity contribution is 9.10. The highest BCUT2D eigenvalue weighted by Gasteiger charge is 2.14. The number of carbonyl (C=O) groups excluding carboxylic acids is 1. The van der Waals surface area contributed by atoms with Gasteiger partial charge in [0.2, 0.25) is 0 Å². The molecule has 3 nitrogen and oxygen atoms in total. The molecule has 2 aromatic rings. The van der Waals surface area contributed by atoms with Gasteiger partial charge in [-0.1, -0.05) is 39.7 Å². The molecule has 2 rings (SSSR count). The molecule has 0 aliphatic rings. The van der Waals surface area contributed by atoms with Crippen LogP contribution in [0.4, 0.5) is 0 Å². The maximum absolute atomic E-state index is 12.2. The van der Waals surface area contributed by atoms with Crippen LogP contribution in [0.25, 0.3) is 0 Å². The van der Waals surface area contributed by atoms with E-state index in [9.17, 15) is 4.79 Å². The van der Waals surface area contributed by atoms with Gasteiger partial charge in [-0.2, -0.15) is 0 Å². The molecule has 0 spiro atoms. The largest absolute Gasteiger partial charge is 0.482 e. The molecule has 1 N–H and O–H groups in total. The van der Waals surface area contributed by atoms with Crippen LogP contribution in [0.5, 0.6) is 5.75 Å². The van der Waals surface area contributed by atoms with Crippen LogP contribution in [-0.4, -0.2) is 12.5 Å². The third-order valence-electron chi connectivity index (χ3n) is 3.98. The van der Waals surface area contributed by atoms with E-state index in [2.05, 4.69) is 54.2 Å². The topological polar surface area (TPSA) is 38.3 Å². The van der Waals surface area contributed by atoms with Gasteiger partial charge < -0.3 is 10.1 Å². The summed E-state index contributed by atoms with van der Waals surface area (Å²) in [5.74, 6) is 0.309. The average Bonchev–Trinajstić information content (AvgIpc) is 2.50. The number of ether oxygens (including phenoxy) is 1. The number of benzene rings is 2.